The van der Waals surface area contributed by atoms with Gasteiger partial charge in [0.15, 0.2) is 6.29 Å². The Hall–Kier alpha value is -0.890. The van der Waals surface area contributed by atoms with Gasteiger partial charge in [0.1, 0.15) is 36.6 Å². The second-order valence-electron chi connectivity index (χ2n) is 21.8. The number of rotatable bonds is 53. The summed E-state index contributed by atoms with van der Waals surface area (Å²) in [7, 11) is 0. The molecule has 1 heterocycles. The van der Waals surface area contributed by atoms with Crippen molar-refractivity contribution in [2.45, 2.75) is 358 Å². The van der Waals surface area contributed by atoms with Crippen LogP contribution in [0.25, 0.3) is 0 Å². The molecule has 0 radical (unpaired) electrons. The highest BCUT2D eigenvalue weighted by atomic mass is 16.7. The first-order chi connectivity index (χ1) is 34.2. The van der Waals surface area contributed by atoms with E-state index in [1.165, 1.54) is 225 Å². The van der Waals surface area contributed by atoms with E-state index in [9.17, 15) is 40.5 Å². The number of unbranched alkanes of at least 4 members (excludes halogenated alkanes) is 41. The van der Waals surface area contributed by atoms with Crippen LogP contribution in [0.3, 0.4) is 0 Å². The number of nitrogens with one attached hydrogen (secondary N) is 1. The molecule has 0 aromatic rings. The molecule has 1 fully saturated rings. The highest BCUT2D eigenvalue weighted by Gasteiger charge is 2.44. The minimum atomic E-state index is -1.66. The fourth-order valence-corrected chi connectivity index (χ4v) is 10.2. The predicted octanol–water partition coefficient (Wildman–Crippen LogP) is 13.0. The molecule has 11 nitrogen and oxygen atoms in total. The Morgan fingerprint density at radius 2 is 0.743 bits per heavy atom. The number of aliphatic hydroxyl groups is 7. The number of carbonyl (C=O) groups is 1. The van der Waals surface area contributed by atoms with Gasteiger partial charge < -0.3 is 50.5 Å². The van der Waals surface area contributed by atoms with E-state index >= 15 is 0 Å². The zero-order valence-electron chi connectivity index (χ0n) is 45.8. The van der Waals surface area contributed by atoms with Crippen molar-refractivity contribution in [2.75, 3.05) is 13.2 Å². The highest BCUT2D eigenvalue weighted by molar-refractivity contribution is 5.80. The summed E-state index contributed by atoms with van der Waals surface area (Å²) in [6, 6.07) is -1.16. The van der Waals surface area contributed by atoms with E-state index in [0.29, 0.717) is 19.3 Å². The van der Waals surface area contributed by atoms with Gasteiger partial charge in [0.2, 0.25) is 5.91 Å². The second kappa shape index (κ2) is 49.0. The van der Waals surface area contributed by atoms with Crippen molar-refractivity contribution >= 4 is 5.91 Å². The molecule has 0 aromatic heterocycles. The van der Waals surface area contributed by atoms with E-state index in [1.54, 1.807) is 0 Å². The smallest absolute Gasteiger partial charge is 0.249 e. The average molecular weight is 1000 g/mol. The molecule has 11 heteroatoms. The van der Waals surface area contributed by atoms with Crippen molar-refractivity contribution in [2.24, 2.45) is 0 Å². The highest BCUT2D eigenvalue weighted by Crippen LogP contribution is 2.24. The first kappa shape index (κ1) is 67.1. The Labute approximate surface area is 430 Å². The summed E-state index contributed by atoms with van der Waals surface area (Å²) in [6.07, 6.45) is 44.5. The second-order valence-corrected chi connectivity index (χ2v) is 21.8. The Bertz CT molecular complexity index is 1100. The van der Waals surface area contributed by atoms with Gasteiger partial charge in [0.05, 0.1) is 25.4 Å². The van der Waals surface area contributed by atoms with Crippen molar-refractivity contribution < 1.29 is 50.0 Å². The van der Waals surface area contributed by atoms with Crippen molar-refractivity contribution in [1.82, 2.24) is 5.32 Å². The normalized spacial score (nSPS) is 20.2. The van der Waals surface area contributed by atoms with Crippen molar-refractivity contribution in [3.8, 4) is 0 Å². The lowest BCUT2D eigenvalue weighted by atomic mass is 9.98. The van der Waals surface area contributed by atoms with Crippen LogP contribution in [0.15, 0.2) is 0 Å². The zero-order valence-corrected chi connectivity index (χ0v) is 45.8. The monoisotopic (exact) mass is 1000 g/mol. The molecule has 70 heavy (non-hydrogen) atoms. The van der Waals surface area contributed by atoms with Gasteiger partial charge >= 0.3 is 0 Å². The largest absolute Gasteiger partial charge is 0.394 e. The number of carbonyl (C=O) groups excluding carboxylic acids is 1. The van der Waals surface area contributed by atoms with Gasteiger partial charge in [0, 0.05) is 0 Å². The maximum Gasteiger partial charge on any atom is 0.249 e. The van der Waals surface area contributed by atoms with E-state index in [-0.39, 0.29) is 6.42 Å². The van der Waals surface area contributed by atoms with Crippen LogP contribution in [0.2, 0.25) is 0 Å². The zero-order chi connectivity index (χ0) is 51.1. The lowest BCUT2D eigenvalue weighted by Crippen LogP contribution is -2.60. The Morgan fingerprint density at radius 3 is 1.06 bits per heavy atom. The predicted molar refractivity (Wildman–Crippen MR) is 289 cm³/mol. The third-order valence-electron chi connectivity index (χ3n) is 15.2. The number of amides is 1. The molecule has 0 aliphatic carbocycles. The molecule has 1 saturated heterocycles. The molecule has 1 aliphatic rings. The number of hydrogen-bond donors (Lipinski definition) is 8. The molecule has 1 rings (SSSR count). The van der Waals surface area contributed by atoms with Gasteiger partial charge in [-0.3, -0.25) is 4.79 Å². The molecule has 0 saturated carbocycles. The maximum absolute atomic E-state index is 13.2. The summed E-state index contributed by atoms with van der Waals surface area (Å²) in [6.45, 7) is 3.50. The molecule has 1 amide bonds. The Kier molecular flexibility index (Phi) is 47.0. The summed E-state index contributed by atoms with van der Waals surface area (Å²) in [5, 5.41) is 76.2. The minimum absolute atomic E-state index is 0.267. The van der Waals surface area contributed by atoms with Crippen LogP contribution in [-0.2, 0) is 14.3 Å². The molecule has 418 valence electrons. The van der Waals surface area contributed by atoms with Crippen LogP contribution < -0.4 is 5.32 Å². The van der Waals surface area contributed by atoms with Crippen molar-refractivity contribution in [1.29, 1.82) is 0 Å². The van der Waals surface area contributed by atoms with Crippen LogP contribution in [0.4, 0.5) is 0 Å². The summed E-state index contributed by atoms with van der Waals surface area (Å²) in [5.41, 5.74) is 0. The minimum Gasteiger partial charge on any atom is -0.394 e. The summed E-state index contributed by atoms with van der Waals surface area (Å²) in [5.74, 6) is -0.689. The SMILES string of the molecule is CCCCCCCCCCCCCCCCCCCCCCCCCCCCC(O)C(=O)NC(COC1OC(CO)C(O)C(O)C1O)C(O)C(O)CCCCCCCCCCCCCCCCCCC. The van der Waals surface area contributed by atoms with Crippen molar-refractivity contribution in [3.05, 3.63) is 0 Å². The third kappa shape index (κ3) is 36.9. The quantitative estimate of drug-likeness (QED) is 0.0272. The molecular weight excluding hydrogens is 883 g/mol. The van der Waals surface area contributed by atoms with Crippen LogP contribution >= 0.6 is 0 Å². The van der Waals surface area contributed by atoms with E-state index in [4.69, 9.17) is 9.47 Å². The summed E-state index contributed by atoms with van der Waals surface area (Å²) in [4.78, 5) is 13.2. The molecule has 9 unspecified atom stereocenters. The average Bonchev–Trinajstić information content (AvgIpc) is 3.36. The number of hydrogen-bond acceptors (Lipinski definition) is 10. The standard InChI is InChI=1S/C59H117NO10/c1-3-5-7-9-11-13-15-17-19-21-22-23-24-25-26-27-28-29-31-33-35-37-39-41-43-45-47-52(63)58(68)60-50(49-69-59-57(67)56(66)55(65)53(48-61)70-59)54(64)51(62)46-44-42-40-38-36-34-32-30-20-18-16-14-12-10-8-6-4-2/h50-57,59,61-67H,3-49H2,1-2H3,(H,60,68). The molecular formula is C59H117NO10. The fraction of sp³-hybridized carbons (Fsp3) is 0.983. The molecule has 0 aromatic carbocycles. The van der Waals surface area contributed by atoms with Crippen LogP contribution in [0.5, 0.6) is 0 Å². The summed E-state index contributed by atoms with van der Waals surface area (Å²) < 4.78 is 11.2. The summed E-state index contributed by atoms with van der Waals surface area (Å²) >= 11 is 0. The Morgan fingerprint density at radius 1 is 0.443 bits per heavy atom. The fourth-order valence-electron chi connectivity index (χ4n) is 10.2. The van der Waals surface area contributed by atoms with E-state index in [0.717, 1.165) is 38.5 Å². The van der Waals surface area contributed by atoms with Crippen LogP contribution in [0, 0.1) is 0 Å². The van der Waals surface area contributed by atoms with E-state index < -0.39 is 74.2 Å². The van der Waals surface area contributed by atoms with Crippen molar-refractivity contribution in [3.63, 3.8) is 0 Å². The number of aliphatic hydroxyl groups excluding tert-OH is 7. The van der Waals surface area contributed by atoms with Gasteiger partial charge in [-0.05, 0) is 12.8 Å². The lowest BCUT2D eigenvalue weighted by molar-refractivity contribution is -0.303. The molecule has 9 atom stereocenters. The maximum atomic E-state index is 13.2. The van der Waals surface area contributed by atoms with Gasteiger partial charge in [-0.25, -0.2) is 0 Å². The van der Waals surface area contributed by atoms with E-state index in [2.05, 4.69) is 19.2 Å². The first-order valence-corrected chi connectivity index (χ1v) is 30.4. The molecule has 8 N–H and O–H groups in total. The van der Waals surface area contributed by atoms with Gasteiger partial charge in [-0.15, -0.1) is 0 Å². The van der Waals surface area contributed by atoms with Gasteiger partial charge in [0.25, 0.3) is 0 Å². The molecule has 0 spiro atoms. The molecule has 1 aliphatic heterocycles. The van der Waals surface area contributed by atoms with Crippen LogP contribution in [0.1, 0.15) is 303 Å². The topological polar surface area (TPSA) is 189 Å². The Balaban J connectivity index is 2.25. The third-order valence-corrected chi connectivity index (χ3v) is 15.2. The van der Waals surface area contributed by atoms with Gasteiger partial charge in [-0.1, -0.05) is 290 Å². The number of ether oxygens (including phenoxy) is 2. The first-order valence-electron chi connectivity index (χ1n) is 30.4. The lowest BCUT2D eigenvalue weighted by Gasteiger charge is -2.40. The van der Waals surface area contributed by atoms with Crippen LogP contribution in [-0.4, -0.2) is 110 Å². The van der Waals surface area contributed by atoms with E-state index in [1.807, 2.05) is 0 Å². The molecule has 0 bridgehead atoms. The van der Waals surface area contributed by atoms with Gasteiger partial charge in [-0.2, -0.15) is 0 Å².